The molecule has 1 fully saturated rings. The highest BCUT2D eigenvalue weighted by atomic mass is 16.2. The first-order chi connectivity index (χ1) is 7.86. The second kappa shape index (κ2) is 5.85. The first-order valence-corrected chi connectivity index (χ1v) is 6.89. The third kappa shape index (κ3) is 3.98. The minimum atomic E-state index is -0.369. The lowest BCUT2D eigenvalue weighted by Crippen LogP contribution is -2.49. The third-order valence-corrected chi connectivity index (χ3v) is 3.91. The molecule has 1 rings (SSSR count). The second-order valence-electron chi connectivity index (χ2n) is 6.44. The Bertz CT molecular complexity index is 257. The fourth-order valence-corrected chi connectivity index (χ4v) is 2.69. The Kier molecular flexibility index (Phi) is 4.99. The van der Waals surface area contributed by atoms with E-state index in [-0.39, 0.29) is 17.9 Å². The summed E-state index contributed by atoms with van der Waals surface area (Å²) in [5.74, 6) is 0.915. The van der Waals surface area contributed by atoms with Gasteiger partial charge in [0.2, 0.25) is 5.91 Å². The van der Waals surface area contributed by atoms with Crippen LogP contribution >= 0.6 is 0 Å². The van der Waals surface area contributed by atoms with Crippen LogP contribution in [0.2, 0.25) is 0 Å². The summed E-state index contributed by atoms with van der Waals surface area (Å²) in [6.45, 7) is 9.28. The number of rotatable bonds is 6. The van der Waals surface area contributed by atoms with E-state index < -0.39 is 0 Å². The van der Waals surface area contributed by atoms with Gasteiger partial charge in [0.1, 0.15) is 0 Å². The number of hydrogen-bond acceptors (Lipinski definition) is 2. The maximum absolute atomic E-state index is 11.8. The highest BCUT2D eigenvalue weighted by molar-refractivity contribution is 5.81. The SMILES string of the molecule is CC(C)CC1(CNC(=O)[C@@H](N)C(C)C)CCC1. The fourth-order valence-electron chi connectivity index (χ4n) is 2.69. The number of amides is 1. The Morgan fingerprint density at radius 3 is 2.24 bits per heavy atom. The van der Waals surface area contributed by atoms with Gasteiger partial charge in [-0.2, -0.15) is 0 Å². The van der Waals surface area contributed by atoms with Crippen molar-refractivity contribution < 1.29 is 4.79 Å². The molecule has 0 radical (unpaired) electrons. The van der Waals surface area contributed by atoms with E-state index in [1.807, 2.05) is 13.8 Å². The minimum Gasteiger partial charge on any atom is -0.354 e. The molecule has 0 bridgehead atoms. The molecule has 0 unspecified atom stereocenters. The smallest absolute Gasteiger partial charge is 0.237 e. The van der Waals surface area contributed by atoms with Gasteiger partial charge in [-0.05, 0) is 36.5 Å². The Morgan fingerprint density at radius 1 is 1.29 bits per heavy atom. The van der Waals surface area contributed by atoms with Gasteiger partial charge >= 0.3 is 0 Å². The molecule has 1 saturated carbocycles. The predicted molar refractivity (Wildman–Crippen MR) is 71.6 cm³/mol. The van der Waals surface area contributed by atoms with E-state index in [1.165, 1.54) is 25.7 Å². The van der Waals surface area contributed by atoms with Gasteiger partial charge in [0.25, 0.3) is 0 Å². The lowest BCUT2D eigenvalue weighted by Gasteiger charge is -2.43. The van der Waals surface area contributed by atoms with Crippen molar-refractivity contribution in [3.63, 3.8) is 0 Å². The number of nitrogens with two attached hydrogens (primary N) is 1. The lowest BCUT2D eigenvalue weighted by molar-refractivity contribution is -0.124. The normalized spacial score (nSPS) is 20.2. The zero-order valence-electron chi connectivity index (χ0n) is 11.8. The van der Waals surface area contributed by atoms with Crippen molar-refractivity contribution in [1.82, 2.24) is 5.32 Å². The van der Waals surface area contributed by atoms with E-state index in [0.29, 0.717) is 11.3 Å². The van der Waals surface area contributed by atoms with E-state index in [0.717, 1.165) is 6.54 Å². The number of hydrogen-bond donors (Lipinski definition) is 2. The number of carbonyl (C=O) groups is 1. The van der Waals surface area contributed by atoms with Crippen molar-refractivity contribution in [2.24, 2.45) is 23.0 Å². The van der Waals surface area contributed by atoms with E-state index in [9.17, 15) is 4.79 Å². The summed E-state index contributed by atoms with van der Waals surface area (Å²) in [6.07, 6.45) is 5.02. The number of carbonyl (C=O) groups excluding carboxylic acids is 1. The van der Waals surface area contributed by atoms with Gasteiger partial charge < -0.3 is 11.1 Å². The van der Waals surface area contributed by atoms with Crippen LogP contribution in [-0.4, -0.2) is 18.5 Å². The van der Waals surface area contributed by atoms with Crippen LogP contribution in [0, 0.1) is 17.3 Å². The standard InChI is InChI=1S/C14H28N2O/c1-10(2)8-14(6-5-7-14)9-16-13(17)12(15)11(3)4/h10-12H,5-9,15H2,1-4H3,(H,16,17)/t12-/m0/s1. The average molecular weight is 240 g/mol. The quantitative estimate of drug-likeness (QED) is 0.748. The molecule has 0 aromatic rings. The van der Waals surface area contributed by atoms with Crippen molar-refractivity contribution in [2.75, 3.05) is 6.54 Å². The van der Waals surface area contributed by atoms with Gasteiger partial charge in [0, 0.05) is 6.54 Å². The first-order valence-electron chi connectivity index (χ1n) is 6.89. The molecule has 3 heteroatoms. The first kappa shape index (κ1) is 14.5. The molecular weight excluding hydrogens is 212 g/mol. The van der Waals surface area contributed by atoms with Gasteiger partial charge in [-0.1, -0.05) is 34.1 Å². The molecule has 0 aromatic heterocycles. The largest absolute Gasteiger partial charge is 0.354 e. The van der Waals surface area contributed by atoms with Gasteiger partial charge in [-0.3, -0.25) is 4.79 Å². The van der Waals surface area contributed by atoms with Crippen molar-refractivity contribution in [3.8, 4) is 0 Å². The Labute approximate surface area is 106 Å². The topological polar surface area (TPSA) is 55.1 Å². The molecule has 3 nitrogen and oxygen atoms in total. The molecule has 0 saturated heterocycles. The van der Waals surface area contributed by atoms with Crippen molar-refractivity contribution in [3.05, 3.63) is 0 Å². The van der Waals surface area contributed by atoms with Crippen LogP contribution in [0.25, 0.3) is 0 Å². The predicted octanol–water partition coefficient (Wildman–Crippen LogP) is 2.30. The molecule has 1 atom stereocenters. The third-order valence-electron chi connectivity index (χ3n) is 3.91. The Hall–Kier alpha value is -0.570. The number of nitrogens with one attached hydrogen (secondary N) is 1. The van der Waals surface area contributed by atoms with Crippen LogP contribution in [0.4, 0.5) is 0 Å². The van der Waals surface area contributed by atoms with E-state index in [1.54, 1.807) is 0 Å². The van der Waals surface area contributed by atoms with Gasteiger partial charge in [0.05, 0.1) is 6.04 Å². The van der Waals surface area contributed by atoms with Crippen LogP contribution < -0.4 is 11.1 Å². The van der Waals surface area contributed by atoms with Crippen molar-refractivity contribution in [1.29, 1.82) is 0 Å². The highest BCUT2D eigenvalue weighted by Gasteiger charge is 2.37. The summed E-state index contributed by atoms with van der Waals surface area (Å²) in [5.41, 5.74) is 6.20. The van der Waals surface area contributed by atoms with Crippen molar-refractivity contribution in [2.45, 2.75) is 59.4 Å². The monoisotopic (exact) mass is 240 g/mol. The summed E-state index contributed by atoms with van der Waals surface area (Å²) < 4.78 is 0. The summed E-state index contributed by atoms with van der Waals surface area (Å²) in [6, 6.07) is -0.369. The average Bonchev–Trinajstić information content (AvgIpc) is 2.19. The molecule has 0 spiro atoms. The fraction of sp³-hybridized carbons (Fsp3) is 0.929. The van der Waals surface area contributed by atoms with Crippen molar-refractivity contribution >= 4 is 5.91 Å². The summed E-state index contributed by atoms with van der Waals surface area (Å²) in [7, 11) is 0. The summed E-state index contributed by atoms with van der Waals surface area (Å²) in [5, 5.41) is 3.05. The second-order valence-corrected chi connectivity index (χ2v) is 6.44. The molecular formula is C14H28N2O. The lowest BCUT2D eigenvalue weighted by atomic mass is 9.64. The maximum atomic E-state index is 11.8. The van der Waals surface area contributed by atoms with Crippen LogP contribution in [0.3, 0.4) is 0 Å². The van der Waals surface area contributed by atoms with Crippen LogP contribution in [0.5, 0.6) is 0 Å². The molecule has 1 aliphatic carbocycles. The summed E-state index contributed by atoms with van der Waals surface area (Å²) >= 11 is 0. The molecule has 0 aromatic carbocycles. The molecule has 100 valence electrons. The van der Waals surface area contributed by atoms with Crippen LogP contribution in [0.1, 0.15) is 53.4 Å². The van der Waals surface area contributed by atoms with Gasteiger partial charge in [-0.15, -0.1) is 0 Å². The van der Waals surface area contributed by atoms with Crippen LogP contribution in [0.15, 0.2) is 0 Å². The Balaban J connectivity index is 2.40. The molecule has 1 aliphatic rings. The van der Waals surface area contributed by atoms with Gasteiger partial charge in [0.15, 0.2) is 0 Å². The Morgan fingerprint density at radius 2 is 1.88 bits per heavy atom. The van der Waals surface area contributed by atoms with E-state index >= 15 is 0 Å². The molecule has 3 N–H and O–H groups in total. The zero-order chi connectivity index (χ0) is 13.1. The molecule has 0 aliphatic heterocycles. The highest BCUT2D eigenvalue weighted by Crippen LogP contribution is 2.45. The zero-order valence-corrected chi connectivity index (χ0v) is 11.8. The minimum absolute atomic E-state index is 0.00929. The maximum Gasteiger partial charge on any atom is 0.237 e. The van der Waals surface area contributed by atoms with E-state index in [4.69, 9.17) is 5.73 Å². The molecule has 0 heterocycles. The van der Waals surface area contributed by atoms with E-state index in [2.05, 4.69) is 19.2 Å². The van der Waals surface area contributed by atoms with Gasteiger partial charge in [-0.25, -0.2) is 0 Å². The van der Waals surface area contributed by atoms with Crippen LogP contribution in [-0.2, 0) is 4.79 Å². The molecule has 1 amide bonds. The summed E-state index contributed by atoms with van der Waals surface area (Å²) in [4.78, 5) is 11.8. The molecule has 17 heavy (non-hydrogen) atoms.